The molecule has 0 saturated heterocycles. The van der Waals surface area contributed by atoms with Crippen LogP contribution in [0.4, 0.5) is 5.69 Å². The van der Waals surface area contributed by atoms with Crippen molar-refractivity contribution in [3.63, 3.8) is 0 Å². The van der Waals surface area contributed by atoms with E-state index in [9.17, 15) is 9.90 Å². The van der Waals surface area contributed by atoms with Crippen LogP contribution >= 0.6 is 0 Å². The first kappa shape index (κ1) is 17.6. The zero-order valence-corrected chi connectivity index (χ0v) is 14.5. The molecule has 0 fully saturated rings. The van der Waals surface area contributed by atoms with Gasteiger partial charge in [0.05, 0.1) is 6.10 Å². The summed E-state index contributed by atoms with van der Waals surface area (Å²) in [6, 6.07) is 10.2. The second-order valence-corrected chi connectivity index (χ2v) is 5.73. The van der Waals surface area contributed by atoms with Crippen molar-refractivity contribution in [3.8, 4) is 11.6 Å². The quantitative estimate of drug-likeness (QED) is 0.707. The molecular formula is C19H19N3O4. The van der Waals surface area contributed by atoms with E-state index in [-0.39, 0.29) is 17.5 Å². The third-order valence-electron chi connectivity index (χ3n) is 3.84. The summed E-state index contributed by atoms with van der Waals surface area (Å²) < 4.78 is 10.9. The molecule has 0 saturated carbocycles. The van der Waals surface area contributed by atoms with Crippen molar-refractivity contribution < 1.29 is 19.4 Å². The summed E-state index contributed by atoms with van der Waals surface area (Å²) in [5, 5.41) is 14.2. The van der Waals surface area contributed by atoms with Gasteiger partial charge in [0.15, 0.2) is 5.69 Å². The zero-order chi connectivity index (χ0) is 18.5. The number of fused-ring (bicyclic) bond motifs is 1. The summed E-state index contributed by atoms with van der Waals surface area (Å²) in [6.07, 6.45) is 3.05. The van der Waals surface area contributed by atoms with E-state index < -0.39 is 5.91 Å². The zero-order valence-electron chi connectivity index (χ0n) is 14.5. The Morgan fingerprint density at radius 2 is 2.08 bits per heavy atom. The summed E-state index contributed by atoms with van der Waals surface area (Å²) >= 11 is 0. The maximum Gasteiger partial charge on any atom is 0.278 e. The van der Waals surface area contributed by atoms with Gasteiger partial charge in [-0.15, -0.1) is 0 Å². The SMILES string of the molecule is CO[C@@H](C)COc1nccc2cc(NC(=O)c3ncccc3O)ccc12. The average Bonchev–Trinajstić information content (AvgIpc) is 2.66. The van der Waals surface area contributed by atoms with Crippen molar-refractivity contribution in [3.05, 3.63) is 54.5 Å². The largest absolute Gasteiger partial charge is 0.505 e. The topological polar surface area (TPSA) is 93.6 Å². The Bertz CT molecular complexity index is 930. The van der Waals surface area contributed by atoms with Crippen LogP contribution in [0, 0.1) is 0 Å². The number of ether oxygens (including phenoxy) is 2. The van der Waals surface area contributed by atoms with E-state index in [1.54, 1.807) is 25.4 Å². The number of aromatic nitrogens is 2. The lowest BCUT2D eigenvalue weighted by molar-refractivity contribution is 0.0706. The number of aromatic hydroxyl groups is 1. The standard InChI is InChI=1S/C19H19N3O4/c1-12(25-2)11-26-19-15-6-5-14(10-13(15)7-9-21-19)22-18(24)17-16(23)4-3-8-20-17/h3-10,12,23H,11H2,1-2H3,(H,22,24)/t12-/m0/s1. The molecule has 0 aliphatic rings. The van der Waals surface area contributed by atoms with Gasteiger partial charge in [0.2, 0.25) is 5.88 Å². The van der Waals surface area contributed by atoms with Crippen LogP contribution in [0.3, 0.4) is 0 Å². The van der Waals surface area contributed by atoms with Crippen molar-refractivity contribution in [1.82, 2.24) is 9.97 Å². The Labute approximate surface area is 150 Å². The molecule has 0 bridgehead atoms. The summed E-state index contributed by atoms with van der Waals surface area (Å²) in [5.74, 6) is -0.147. The number of carbonyl (C=O) groups is 1. The summed E-state index contributed by atoms with van der Waals surface area (Å²) in [5.41, 5.74) is 0.551. The molecule has 1 amide bonds. The molecule has 3 rings (SSSR count). The fourth-order valence-corrected chi connectivity index (χ4v) is 2.37. The van der Waals surface area contributed by atoms with Gasteiger partial charge in [-0.1, -0.05) is 0 Å². The van der Waals surface area contributed by atoms with Crippen molar-refractivity contribution in [2.24, 2.45) is 0 Å². The molecule has 7 heteroatoms. The number of methoxy groups -OCH3 is 1. The van der Waals surface area contributed by atoms with E-state index >= 15 is 0 Å². The lowest BCUT2D eigenvalue weighted by Crippen LogP contribution is -2.16. The van der Waals surface area contributed by atoms with Crippen molar-refractivity contribution >= 4 is 22.4 Å². The number of nitrogens with zero attached hydrogens (tertiary/aromatic N) is 2. The molecule has 7 nitrogen and oxygen atoms in total. The predicted octanol–water partition coefficient (Wildman–Crippen LogP) is 3.00. The van der Waals surface area contributed by atoms with Crippen LogP contribution in [0.5, 0.6) is 11.6 Å². The van der Waals surface area contributed by atoms with Crippen LogP contribution in [0.2, 0.25) is 0 Å². The maximum absolute atomic E-state index is 12.3. The fraction of sp³-hybridized carbons (Fsp3) is 0.211. The summed E-state index contributed by atoms with van der Waals surface area (Å²) in [4.78, 5) is 20.4. The van der Waals surface area contributed by atoms with Gasteiger partial charge in [-0.05, 0) is 48.7 Å². The van der Waals surface area contributed by atoms with Gasteiger partial charge in [0, 0.05) is 30.6 Å². The third-order valence-corrected chi connectivity index (χ3v) is 3.84. The second kappa shape index (κ2) is 7.79. The number of hydrogen-bond donors (Lipinski definition) is 2. The molecule has 0 unspecified atom stereocenters. The summed E-state index contributed by atoms with van der Waals surface area (Å²) in [7, 11) is 1.62. The molecule has 2 heterocycles. The Hall–Kier alpha value is -3.19. The normalized spacial score (nSPS) is 11.9. The Kier molecular flexibility index (Phi) is 5.28. The molecule has 0 aliphatic carbocycles. The van der Waals surface area contributed by atoms with E-state index in [2.05, 4.69) is 15.3 Å². The van der Waals surface area contributed by atoms with E-state index in [0.717, 1.165) is 10.8 Å². The minimum atomic E-state index is -0.484. The molecular weight excluding hydrogens is 334 g/mol. The average molecular weight is 353 g/mol. The van der Waals surface area contributed by atoms with Gasteiger partial charge in [-0.3, -0.25) is 4.79 Å². The molecule has 2 aromatic heterocycles. The molecule has 26 heavy (non-hydrogen) atoms. The first-order chi connectivity index (χ1) is 12.6. The van der Waals surface area contributed by atoms with Crippen LogP contribution in [0.1, 0.15) is 17.4 Å². The minimum absolute atomic E-state index is 0.0279. The lowest BCUT2D eigenvalue weighted by Gasteiger charge is -2.13. The van der Waals surface area contributed by atoms with Crippen LogP contribution < -0.4 is 10.1 Å². The van der Waals surface area contributed by atoms with E-state index in [1.165, 1.54) is 12.3 Å². The molecule has 0 aliphatic heterocycles. The number of pyridine rings is 2. The Morgan fingerprint density at radius 1 is 1.23 bits per heavy atom. The minimum Gasteiger partial charge on any atom is -0.505 e. The predicted molar refractivity (Wildman–Crippen MR) is 97.6 cm³/mol. The van der Waals surface area contributed by atoms with Gasteiger partial charge in [-0.2, -0.15) is 0 Å². The van der Waals surface area contributed by atoms with Crippen molar-refractivity contribution in [2.75, 3.05) is 19.0 Å². The number of nitrogens with one attached hydrogen (secondary N) is 1. The molecule has 1 aromatic carbocycles. The van der Waals surface area contributed by atoms with E-state index in [1.807, 2.05) is 25.1 Å². The highest BCUT2D eigenvalue weighted by Gasteiger charge is 2.13. The van der Waals surface area contributed by atoms with Crippen LogP contribution in [-0.2, 0) is 4.74 Å². The lowest BCUT2D eigenvalue weighted by atomic mass is 10.1. The first-order valence-corrected chi connectivity index (χ1v) is 8.08. The molecule has 3 aromatic rings. The number of amides is 1. The van der Waals surface area contributed by atoms with Crippen LogP contribution in [0.25, 0.3) is 10.8 Å². The number of anilines is 1. The number of rotatable bonds is 6. The van der Waals surface area contributed by atoms with Gasteiger partial charge in [0.1, 0.15) is 12.4 Å². The molecule has 134 valence electrons. The van der Waals surface area contributed by atoms with Gasteiger partial charge < -0.3 is 19.9 Å². The molecule has 0 spiro atoms. The van der Waals surface area contributed by atoms with Crippen LogP contribution in [0.15, 0.2) is 48.8 Å². The number of benzene rings is 1. The Balaban J connectivity index is 1.81. The van der Waals surface area contributed by atoms with Crippen molar-refractivity contribution in [2.45, 2.75) is 13.0 Å². The molecule has 1 atom stereocenters. The van der Waals surface area contributed by atoms with Gasteiger partial charge in [-0.25, -0.2) is 9.97 Å². The number of carbonyl (C=O) groups excluding carboxylic acids is 1. The van der Waals surface area contributed by atoms with Crippen molar-refractivity contribution in [1.29, 1.82) is 0 Å². The monoisotopic (exact) mass is 353 g/mol. The molecule has 0 radical (unpaired) electrons. The fourth-order valence-electron chi connectivity index (χ4n) is 2.37. The highest BCUT2D eigenvalue weighted by atomic mass is 16.5. The van der Waals surface area contributed by atoms with Gasteiger partial charge >= 0.3 is 0 Å². The molecule has 2 N–H and O–H groups in total. The maximum atomic E-state index is 12.3. The van der Waals surface area contributed by atoms with Crippen LogP contribution in [-0.4, -0.2) is 40.8 Å². The summed E-state index contributed by atoms with van der Waals surface area (Å²) in [6.45, 7) is 2.30. The highest BCUT2D eigenvalue weighted by molar-refractivity contribution is 6.05. The van der Waals surface area contributed by atoms with E-state index in [0.29, 0.717) is 18.2 Å². The second-order valence-electron chi connectivity index (χ2n) is 5.73. The third kappa shape index (κ3) is 3.89. The Morgan fingerprint density at radius 3 is 2.85 bits per heavy atom. The number of hydrogen-bond acceptors (Lipinski definition) is 6. The first-order valence-electron chi connectivity index (χ1n) is 8.08. The smallest absolute Gasteiger partial charge is 0.278 e. The van der Waals surface area contributed by atoms with E-state index in [4.69, 9.17) is 9.47 Å². The highest BCUT2D eigenvalue weighted by Crippen LogP contribution is 2.26. The van der Waals surface area contributed by atoms with Gasteiger partial charge in [0.25, 0.3) is 5.91 Å².